The minimum Gasteiger partial charge on any atom is -0.378 e. The van der Waals surface area contributed by atoms with Gasteiger partial charge in [0.15, 0.2) is 0 Å². The Kier molecular flexibility index (Phi) is 5.18. The molecular formula is C12H25N4O. The number of nitrogens with one attached hydrogen (secondary N) is 2. The van der Waals surface area contributed by atoms with Crippen LogP contribution in [-0.2, 0) is 4.74 Å². The number of morpholine rings is 1. The van der Waals surface area contributed by atoms with E-state index in [-0.39, 0.29) is 0 Å². The number of hydrazine groups is 1. The van der Waals surface area contributed by atoms with Crippen LogP contribution in [0.2, 0.25) is 0 Å². The lowest BCUT2D eigenvalue weighted by Crippen LogP contribution is -2.61. The molecule has 2 heterocycles. The highest BCUT2D eigenvalue weighted by Crippen LogP contribution is 2.18. The van der Waals surface area contributed by atoms with Gasteiger partial charge in [-0.05, 0) is 13.5 Å². The van der Waals surface area contributed by atoms with E-state index in [1.54, 1.807) is 0 Å². The van der Waals surface area contributed by atoms with Gasteiger partial charge >= 0.3 is 0 Å². The number of likely N-dealkylation sites (N-methyl/N-ethyl adjacent to an activating group) is 1. The molecule has 0 amide bonds. The van der Waals surface area contributed by atoms with Gasteiger partial charge < -0.3 is 15.0 Å². The average Bonchev–Trinajstić information content (AvgIpc) is 2.38. The Bertz CT molecular complexity index is 219. The van der Waals surface area contributed by atoms with Gasteiger partial charge in [0.2, 0.25) is 0 Å². The second-order valence-electron chi connectivity index (χ2n) is 4.87. The van der Waals surface area contributed by atoms with E-state index in [2.05, 4.69) is 34.6 Å². The van der Waals surface area contributed by atoms with Crippen molar-refractivity contribution in [1.29, 1.82) is 0 Å². The Morgan fingerprint density at radius 2 is 2.35 bits per heavy atom. The van der Waals surface area contributed by atoms with Gasteiger partial charge in [0.05, 0.1) is 25.3 Å². The molecule has 2 N–H and O–H groups in total. The molecule has 0 aromatic heterocycles. The smallest absolute Gasteiger partial charge is 0.0880 e. The van der Waals surface area contributed by atoms with E-state index in [4.69, 9.17) is 4.74 Å². The minimum atomic E-state index is 0.371. The molecule has 0 spiro atoms. The molecule has 0 aromatic rings. The largest absolute Gasteiger partial charge is 0.378 e. The van der Waals surface area contributed by atoms with E-state index in [9.17, 15) is 0 Å². The van der Waals surface area contributed by atoms with Gasteiger partial charge in [-0.2, -0.15) is 0 Å². The van der Waals surface area contributed by atoms with Crippen molar-refractivity contribution in [1.82, 2.24) is 20.7 Å². The normalized spacial score (nSPS) is 29.6. The molecule has 0 aliphatic carbocycles. The minimum absolute atomic E-state index is 0.371. The number of hydrogen-bond acceptors (Lipinski definition) is 5. The highest BCUT2D eigenvalue weighted by atomic mass is 16.5. The van der Waals surface area contributed by atoms with Crippen LogP contribution in [-0.4, -0.2) is 68.9 Å². The van der Waals surface area contributed by atoms with Gasteiger partial charge in [-0.15, -0.1) is 0 Å². The van der Waals surface area contributed by atoms with Crippen molar-refractivity contribution >= 4 is 0 Å². The van der Waals surface area contributed by atoms with Crippen LogP contribution in [0.5, 0.6) is 0 Å². The second kappa shape index (κ2) is 6.66. The summed E-state index contributed by atoms with van der Waals surface area (Å²) in [7, 11) is 2.18. The molecule has 1 atom stereocenters. The van der Waals surface area contributed by atoms with E-state index < -0.39 is 0 Å². The first-order chi connectivity index (χ1) is 8.31. The first kappa shape index (κ1) is 13.2. The number of rotatable bonds is 4. The maximum absolute atomic E-state index is 5.57. The van der Waals surface area contributed by atoms with Crippen molar-refractivity contribution in [2.24, 2.45) is 0 Å². The van der Waals surface area contributed by atoms with E-state index in [0.717, 1.165) is 52.4 Å². The van der Waals surface area contributed by atoms with Crippen LogP contribution in [0, 0.1) is 6.04 Å². The summed E-state index contributed by atoms with van der Waals surface area (Å²) in [5, 5.41) is 5.87. The van der Waals surface area contributed by atoms with Crippen LogP contribution >= 0.6 is 0 Å². The number of nitrogens with zero attached hydrogens (tertiary/aromatic N) is 2. The SMILES string of the molecule is CCCNN1CCN(C)C[C]1C1COCCN1. The molecule has 17 heavy (non-hydrogen) atoms. The lowest BCUT2D eigenvalue weighted by atomic mass is 10.0. The van der Waals surface area contributed by atoms with Crippen molar-refractivity contribution in [2.75, 3.05) is 53.0 Å². The molecule has 2 aliphatic rings. The summed E-state index contributed by atoms with van der Waals surface area (Å²) in [4.78, 5) is 2.37. The number of piperazine rings is 1. The summed E-state index contributed by atoms with van der Waals surface area (Å²) in [6.07, 6.45) is 1.16. The van der Waals surface area contributed by atoms with Crippen molar-refractivity contribution in [3.05, 3.63) is 6.04 Å². The Morgan fingerprint density at radius 3 is 3.06 bits per heavy atom. The molecule has 1 unspecified atom stereocenters. The van der Waals surface area contributed by atoms with Gasteiger partial charge in [-0.3, -0.25) is 5.43 Å². The summed E-state index contributed by atoms with van der Waals surface area (Å²) in [5.41, 5.74) is 3.51. The molecule has 2 saturated heterocycles. The van der Waals surface area contributed by atoms with Gasteiger partial charge in [-0.25, -0.2) is 5.01 Å². The Balaban J connectivity index is 1.92. The molecule has 2 rings (SSSR count). The van der Waals surface area contributed by atoms with Crippen LogP contribution < -0.4 is 10.7 Å². The second-order valence-corrected chi connectivity index (χ2v) is 4.87. The molecule has 0 bridgehead atoms. The molecular weight excluding hydrogens is 216 g/mol. The Hall–Kier alpha value is -0.200. The predicted octanol–water partition coefficient (Wildman–Crippen LogP) is -0.331. The van der Waals surface area contributed by atoms with Gasteiger partial charge in [0.1, 0.15) is 0 Å². The van der Waals surface area contributed by atoms with Crippen LogP contribution in [0.1, 0.15) is 13.3 Å². The van der Waals surface area contributed by atoms with E-state index in [1.807, 2.05) is 0 Å². The fraction of sp³-hybridized carbons (Fsp3) is 0.917. The fourth-order valence-corrected chi connectivity index (χ4v) is 2.36. The highest BCUT2D eigenvalue weighted by Gasteiger charge is 2.33. The van der Waals surface area contributed by atoms with Crippen LogP contribution in [0.3, 0.4) is 0 Å². The van der Waals surface area contributed by atoms with Crippen molar-refractivity contribution in [3.63, 3.8) is 0 Å². The number of hydrogen-bond donors (Lipinski definition) is 2. The molecule has 0 aromatic carbocycles. The molecule has 2 fully saturated rings. The summed E-state index contributed by atoms with van der Waals surface area (Å²) in [6.45, 7) is 9.04. The monoisotopic (exact) mass is 241 g/mol. The molecule has 2 aliphatic heterocycles. The fourth-order valence-electron chi connectivity index (χ4n) is 2.36. The third-order valence-corrected chi connectivity index (χ3v) is 3.36. The zero-order chi connectivity index (χ0) is 12.1. The van der Waals surface area contributed by atoms with E-state index >= 15 is 0 Å². The first-order valence-corrected chi connectivity index (χ1v) is 6.67. The van der Waals surface area contributed by atoms with Crippen LogP contribution in [0.4, 0.5) is 0 Å². The third kappa shape index (κ3) is 3.63. The predicted molar refractivity (Wildman–Crippen MR) is 68.3 cm³/mol. The highest BCUT2D eigenvalue weighted by molar-refractivity contribution is 5.05. The topological polar surface area (TPSA) is 39.8 Å². The van der Waals surface area contributed by atoms with Crippen molar-refractivity contribution in [2.45, 2.75) is 19.4 Å². The summed E-state index contributed by atoms with van der Waals surface area (Å²) in [5.74, 6) is 0. The zero-order valence-electron chi connectivity index (χ0n) is 11.0. The van der Waals surface area contributed by atoms with Crippen molar-refractivity contribution < 1.29 is 4.74 Å². The maximum Gasteiger partial charge on any atom is 0.0880 e. The third-order valence-electron chi connectivity index (χ3n) is 3.36. The molecule has 0 saturated carbocycles. The van der Waals surface area contributed by atoms with E-state index in [0.29, 0.717) is 6.04 Å². The standard InChI is InChI=1S/C12H25N4O/c1-3-4-14-16-7-6-15(2)9-12(16)11-10-17-8-5-13-11/h11,13-14H,3-10H2,1-2H3. The van der Waals surface area contributed by atoms with Crippen LogP contribution in [0.15, 0.2) is 0 Å². The average molecular weight is 241 g/mol. The molecule has 99 valence electrons. The van der Waals surface area contributed by atoms with Crippen LogP contribution in [0.25, 0.3) is 0 Å². The lowest BCUT2D eigenvalue weighted by molar-refractivity contribution is 0.0295. The van der Waals surface area contributed by atoms with Crippen molar-refractivity contribution in [3.8, 4) is 0 Å². The number of ether oxygens (including phenoxy) is 1. The summed E-state index contributed by atoms with van der Waals surface area (Å²) >= 11 is 0. The summed E-state index contributed by atoms with van der Waals surface area (Å²) < 4.78 is 5.57. The Labute approximate surface area is 104 Å². The van der Waals surface area contributed by atoms with Gasteiger partial charge in [0, 0.05) is 32.7 Å². The molecule has 1 radical (unpaired) electrons. The van der Waals surface area contributed by atoms with Gasteiger partial charge in [-0.1, -0.05) is 6.92 Å². The first-order valence-electron chi connectivity index (χ1n) is 6.67. The summed E-state index contributed by atoms with van der Waals surface area (Å²) in [6, 6.07) is 1.79. The zero-order valence-corrected chi connectivity index (χ0v) is 11.0. The van der Waals surface area contributed by atoms with Gasteiger partial charge in [0.25, 0.3) is 0 Å². The maximum atomic E-state index is 5.57. The van der Waals surface area contributed by atoms with E-state index in [1.165, 1.54) is 6.04 Å². The Morgan fingerprint density at radius 1 is 1.47 bits per heavy atom. The molecule has 5 heteroatoms. The quantitative estimate of drug-likeness (QED) is 0.705. The molecule has 5 nitrogen and oxygen atoms in total. The lowest BCUT2D eigenvalue weighted by Gasteiger charge is -2.44.